The third-order valence-corrected chi connectivity index (χ3v) is 4.13. The van der Waals surface area contributed by atoms with Gasteiger partial charge in [-0.3, -0.25) is 4.31 Å². The van der Waals surface area contributed by atoms with Crippen molar-refractivity contribution in [2.45, 2.75) is 10.9 Å². The predicted molar refractivity (Wildman–Crippen MR) is 72.0 cm³/mol. The van der Waals surface area contributed by atoms with Gasteiger partial charge in [-0.1, -0.05) is 48.5 Å². The fourth-order valence-electron chi connectivity index (χ4n) is 2.20. The molecule has 0 bridgehead atoms. The highest BCUT2D eigenvalue weighted by molar-refractivity contribution is 7.97. The summed E-state index contributed by atoms with van der Waals surface area (Å²) in [5.74, 6) is 0. The van der Waals surface area contributed by atoms with Crippen LogP contribution in [0.25, 0.3) is 0 Å². The molecular weight excluding hydrogens is 244 g/mol. The Morgan fingerprint density at radius 1 is 1.06 bits per heavy atom. The van der Waals surface area contributed by atoms with Crippen molar-refractivity contribution in [3.63, 3.8) is 0 Å². The number of primary amides is 1. The topological polar surface area (TPSA) is 46.3 Å². The van der Waals surface area contributed by atoms with Gasteiger partial charge in [0, 0.05) is 4.90 Å². The molecule has 0 radical (unpaired) electrons. The molecule has 90 valence electrons. The molecule has 0 fully saturated rings. The normalized spacial score (nSPS) is 17.6. The van der Waals surface area contributed by atoms with Crippen molar-refractivity contribution in [3.05, 3.63) is 65.7 Å². The van der Waals surface area contributed by atoms with Crippen LogP contribution in [0.15, 0.2) is 59.5 Å². The van der Waals surface area contributed by atoms with Crippen molar-refractivity contribution in [2.75, 3.05) is 0 Å². The minimum Gasteiger partial charge on any atom is -0.351 e. The van der Waals surface area contributed by atoms with Gasteiger partial charge in [0.2, 0.25) is 0 Å². The molecule has 1 aliphatic heterocycles. The van der Waals surface area contributed by atoms with Crippen LogP contribution >= 0.6 is 11.9 Å². The van der Waals surface area contributed by atoms with E-state index in [4.69, 9.17) is 5.73 Å². The zero-order valence-corrected chi connectivity index (χ0v) is 10.4. The summed E-state index contributed by atoms with van der Waals surface area (Å²) in [6.07, 6.45) is 0. The molecule has 3 nitrogen and oxygen atoms in total. The van der Waals surface area contributed by atoms with Crippen LogP contribution in [0.2, 0.25) is 0 Å². The van der Waals surface area contributed by atoms with Crippen LogP contribution in [0.5, 0.6) is 0 Å². The SMILES string of the molecule is NC(=O)N1Sc2ccccc2C1c1ccccc1. The van der Waals surface area contributed by atoms with E-state index in [0.29, 0.717) is 0 Å². The first-order valence-corrected chi connectivity index (χ1v) is 6.45. The van der Waals surface area contributed by atoms with Gasteiger partial charge in [0.05, 0.1) is 6.04 Å². The van der Waals surface area contributed by atoms with Crippen molar-refractivity contribution in [1.29, 1.82) is 0 Å². The van der Waals surface area contributed by atoms with Gasteiger partial charge in [0.15, 0.2) is 0 Å². The van der Waals surface area contributed by atoms with Crippen molar-refractivity contribution in [2.24, 2.45) is 5.73 Å². The number of hydrogen-bond acceptors (Lipinski definition) is 2. The molecule has 2 aromatic carbocycles. The Morgan fingerprint density at radius 3 is 2.44 bits per heavy atom. The van der Waals surface area contributed by atoms with Gasteiger partial charge in [-0.25, -0.2) is 4.79 Å². The molecule has 0 saturated heterocycles. The summed E-state index contributed by atoms with van der Waals surface area (Å²) >= 11 is 1.41. The molecule has 1 atom stereocenters. The van der Waals surface area contributed by atoms with Gasteiger partial charge in [-0.2, -0.15) is 0 Å². The van der Waals surface area contributed by atoms with E-state index in [0.717, 1.165) is 16.0 Å². The van der Waals surface area contributed by atoms with E-state index in [-0.39, 0.29) is 6.04 Å². The van der Waals surface area contributed by atoms with Crippen LogP contribution in [0, 0.1) is 0 Å². The van der Waals surface area contributed by atoms with Crippen LogP contribution in [-0.2, 0) is 0 Å². The largest absolute Gasteiger partial charge is 0.351 e. The highest BCUT2D eigenvalue weighted by Crippen LogP contribution is 2.46. The van der Waals surface area contributed by atoms with Crippen molar-refractivity contribution < 1.29 is 4.79 Å². The summed E-state index contributed by atoms with van der Waals surface area (Å²) in [5.41, 5.74) is 7.68. The molecule has 18 heavy (non-hydrogen) atoms. The van der Waals surface area contributed by atoms with Gasteiger partial charge >= 0.3 is 6.03 Å². The quantitative estimate of drug-likeness (QED) is 0.796. The number of benzene rings is 2. The summed E-state index contributed by atoms with van der Waals surface area (Å²) in [6.45, 7) is 0. The molecule has 0 aromatic heterocycles. The number of carbonyl (C=O) groups is 1. The van der Waals surface area contributed by atoms with Crippen LogP contribution in [0.1, 0.15) is 17.2 Å². The molecule has 2 aromatic rings. The van der Waals surface area contributed by atoms with E-state index in [1.807, 2.05) is 54.6 Å². The average molecular weight is 256 g/mol. The lowest BCUT2D eigenvalue weighted by Crippen LogP contribution is -2.30. The van der Waals surface area contributed by atoms with E-state index in [2.05, 4.69) is 0 Å². The summed E-state index contributed by atoms with van der Waals surface area (Å²) in [6, 6.07) is 17.5. The third-order valence-electron chi connectivity index (χ3n) is 2.98. The molecule has 0 aliphatic carbocycles. The Kier molecular flexibility index (Phi) is 2.72. The summed E-state index contributed by atoms with van der Waals surface area (Å²) in [4.78, 5) is 12.7. The standard InChI is InChI=1S/C14H12N2OS/c15-14(17)16-13(10-6-2-1-3-7-10)11-8-4-5-9-12(11)18-16/h1-9,13H,(H2,15,17). The maximum Gasteiger partial charge on any atom is 0.325 e. The second-order valence-electron chi connectivity index (χ2n) is 4.11. The minimum absolute atomic E-state index is 0.0927. The first kappa shape index (κ1) is 11.2. The fraction of sp³-hybridized carbons (Fsp3) is 0.0714. The van der Waals surface area contributed by atoms with E-state index in [1.165, 1.54) is 11.9 Å². The van der Waals surface area contributed by atoms with Gasteiger partial charge in [-0.05, 0) is 29.1 Å². The van der Waals surface area contributed by atoms with Gasteiger partial charge in [-0.15, -0.1) is 0 Å². The number of rotatable bonds is 1. The van der Waals surface area contributed by atoms with Crippen LogP contribution < -0.4 is 5.73 Å². The molecule has 1 heterocycles. The number of urea groups is 1. The lowest BCUT2D eigenvalue weighted by atomic mass is 9.99. The molecule has 1 unspecified atom stereocenters. The first-order chi connectivity index (χ1) is 8.77. The Balaban J connectivity index is 2.11. The number of amides is 2. The molecule has 3 rings (SSSR count). The van der Waals surface area contributed by atoms with Crippen LogP contribution in [0.3, 0.4) is 0 Å². The van der Waals surface area contributed by atoms with E-state index >= 15 is 0 Å². The first-order valence-electron chi connectivity index (χ1n) is 5.68. The Hall–Kier alpha value is -1.94. The molecule has 2 N–H and O–H groups in total. The smallest absolute Gasteiger partial charge is 0.325 e. The summed E-state index contributed by atoms with van der Waals surface area (Å²) in [5, 5.41) is 0. The van der Waals surface area contributed by atoms with Crippen LogP contribution in [0.4, 0.5) is 4.79 Å². The number of nitrogens with two attached hydrogens (primary N) is 1. The number of carbonyl (C=O) groups excluding carboxylic acids is 1. The van der Waals surface area contributed by atoms with Gasteiger partial charge in [0.1, 0.15) is 0 Å². The Bertz CT molecular complexity index is 585. The number of fused-ring (bicyclic) bond motifs is 1. The molecule has 0 spiro atoms. The minimum atomic E-state index is -0.412. The van der Waals surface area contributed by atoms with E-state index in [1.54, 1.807) is 4.31 Å². The molecule has 1 aliphatic rings. The second-order valence-corrected chi connectivity index (χ2v) is 5.12. The predicted octanol–water partition coefficient (Wildman–Crippen LogP) is 3.18. The van der Waals surface area contributed by atoms with E-state index < -0.39 is 6.03 Å². The zero-order chi connectivity index (χ0) is 12.5. The third kappa shape index (κ3) is 1.75. The summed E-state index contributed by atoms with van der Waals surface area (Å²) in [7, 11) is 0. The Labute approximate surface area is 110 Å². The maximum absolute atomic E-state index is 11.6. The van der Waals surface area contributed by atoms with Crippen LogP contribution in [-0.4, -0.2) is 10.3 Å². The fourth-order valence-corrected chi connectivity index (χ4v) is 3.26. The van der Waals surface area contributed by atoms with Gasteiger partial charge in [0.25, 0.3) is 0 Å². The van der Waals surface area contributed by atoms with Crippen molar-refractivity contribution >= 4 is 18.0 Å². The lowest BCUT2D eigenvalue weighted by Gasteiger charge is -2.21. The number of hydrogen-bond donors (Lipinski definition) is 1. The average Bonchev–Trinajstić information content (AvgIpc) is 2.79. The Morgan fingerprint density at radius 2 is 1.72 bits per heavy atom. The van der Waals surface area contributed by atoms with Crippen molar-refractivity contribution in [3.8, 4) is 0 Å². The molecule has 0 saturated carbocycles. The highest BCUT2D eigenvalue weighted by atomic mass is 32.2. The maximum atomic E-state index is 11.6. The highest BCUT2D eigenvalue weighted by Gasteiger charge is 2.34. The second kappa shape index (κ2) is 4.38. The lowest BCUT2D eigenvalue weighted by molar-refractivity contribution is 0.230. The molecular formula is C14H12N2OS. The molecule has 2 amide bonds. The zero-order valence-electron chi connectivity index (χ0n) is 9.61. The number of nitrogens with zero attached hydrogens (tertiary/aromatic N) is 1. The van der Waals surface area contributed by atoms with E-state index in [9.17, 15) is 4.79 Å². The molecule has 4 heteroatoms. The van der Waals surface area contributed by atoms with Gasteiger partial charge < -0.3 is 5.73 Å². The monoisotopic (exact) mass is 256 g/mol. The van der Waals surface area contributed by atoms with Crippen molar-refractivity contribution in [1.82, 2.24) is 4.31 Å². The summed E-state index contributed by atoms with van der Waals surface area (Å²) < 4.78 is 1.62.